The standard InChI is InChI=1S/C18H14F2N4O/c19-16-5-4-11(6-17(16)20)14-8-15(14)18(25)23-12-2-1-3-13(7-12)24-9-21-22-10-24/h1-7,9-10,14-15H,8H2,(H,23,25)/t14-,15-/m0/s1. The second-order valence-corrected chi connectivity index (χ2v) is 6.03. The van der Waals surface area contributed by atoms with Gasteiger partial charge >= 0.3 is 0 Å². The van der Waals surface area contributed by atoms with Gasteiger partial charge in [0.05, 0.1) is 5.69 Å². The van der Waals surface area contributed by atoms with Gasteiger partial charge in [0.1, 0.15) is 12.7 Å². The van der Waals surface area contributed by atoms with Gasteiger partial charge in [-0.1, -0.05) is 12.1 Å². The van der Waals surface area contributed by atoms with Crippen molar-refractivity contribution in [1.29, 1.82) is 0 Å². The quantitative estimate of drug-likeness (QED) is 0.793. The summed E-state index contributed by atoms with van der Waals surface area (Å²) in [4.78, 5) is 12.4. The van der Waals surface area contributed by atoms with Gasteiger partial charge in [-0.2, -0.15) is 0 Å². The van der Waals surface area contributed by atoms with Crippen molar-refractivity contribution in [3.05, 3.63) is 72.3 Å². The minimum Gasteiger partial charge on any atom is -0.326 e. The van der Waals surface area contributed by atoms with Gasteiger partial charge in [-0.25, -0.2) is 8.78 Å². The molecule has 0 unspecified atom stereocenters. The summed E-state index contributed by atoms with van der Waals surface area (Å²) in [6.07, 6.45) is 3.77. The SMILES string of the molecule is O=C(Nc1cccc(-n2cnnc2)c1)[C@H]1C[C@H]1c1ccc(F)c(F)c1. The van der Waals surface area contributed by atoms with Crippen molar-refractivity contribution in [1.82, 2.24) is 14.8 Å². The van der Waals surface area contributed by atoms with E-state index in [4.69, 9.17) is 0 Å². The molecule has 7 heteroatoms. The number of carbonyl (C=O) groups is 1. The summed E-state index contributed by atoms with van der Waals surface area (Å²) < 4.78 is 28.1. The normalized spacial score (nSPS) is 18.8. The van der Waals surface area contributed by atoms with Gasteiger partial charge in [0, 0.05) is 11.6 Å². The van der Waals surface area contributed by atoms with Crippen LogP contribution in [0, 0.1) is 17.6 Å². The number of rotatable bonds is 4. The average Bonchev–Trinajstić information content (AvgIpc) is 3.22. The summed E-state index contributed by atoms with van der Waals surface area (Å²) >= 11 is 0. The van der Waals surface area contributed by atoms with E-state index in [1.54, 1.807) is 23.3 Å². The van der Waals surface area contributed by atoms with E-state index in [1.165, 1.54) is 12.1 Å². The Morgan fingerprint density at radius 3 is 2.64 bits per heavy atom. The highest BCUT2D eigenvalue weighted by molar-refractivity contribution is 5.95. The lowest BCUT2D eigenvalue weighted by Gasteiger charge is -2.08. The summed E-state index contributed by atoms with van der Waals surface area (Å²) in [5, 5.41) is 10.4. The van der Waals surface area contributed by atoms with E-state index in [2.05, 4.69) is 15.5 Å². The van der Waals surface area contributed by atoms with Gasteiger partial charge in [0.15, 0.2) is 11.6 Å². The number of amides is 1. The van der Waals surface area contributed by atoms with Crippen molar-refractivity contribution in [3.63, 3.8) is 0 Å². The lowest BCUT2D eigenvalue weighted by molar-refractivity contribution is -0.117. The fourth-order valence-corrected chi connectivity index (χ4v) is 2.91. The topological polar surface area (TPSA) is 59.8 Å². The van der Waals surface area contributed by atoms with Crippen LogP contribution in [0.15, 0.2) is 55.1 Å². The average molecular weight is 340 g/mol. The van der Waals surface area contributed by atoms with Crippen LogP contribution >= 0.6 is 0 Å². The minimum absolute atomic E-state index is 0.0730. The van der Waals surface area contributed by atoms with Crippen LogP contribution < -0.4 is 5.32 Å². The number of nitrogens with zero attached hydrogens (tertiary/aromatic N) is 3. The molecule has 1 aliphatic rings. The zero-order chi connectivity index (χ0) is 17.4. The van der Waals surface area contributed by atoms with Crippen LogP contribution in [0.1, 0.15) is 17.9 Å². The third-order valence-corrected chi connectivity index (χ3v) is 4.33. The molecular formula is C18H14F2N4O. The number of nitrogens with one attached hydrogen (secondary N) is 1. The van der Waals surface area contributed by atoms with Crippen molar-refractivity contribution in [2.45, 2.75) is 12.3 Å². The highest BCUT2D eigenvalue weighted by Crippen LogP contribution is 2.48. The molecule has 4 rings (SSSR count). The molecule has 2 atom stereocenters. The molecule has 0 aliphatic heterocycles. The van der Waals surface area contributed by atoms with Crippen LogP contribution in [0.25, 0.3) is 5.69 Å². The molecule has 0 spiro atoms. The van der Waals surface area contributed by atoms with Crippen molar-refractivity contribution >= 4 is 11.6 Å². The molecule has 3 aromatic rings. The predicted molar refractivity (Wildman–Crippen MR) is 87.2 cm³/mol. The van der Waals surface area contributed by atoms with Gasteiger partial charge in [-0.3, -0.25) is 9.36 Å². The second kappa shape index (κ2) is 6.08. The van der Waals surface area contributed by atoms with E-state index in [-0.39, 0.29) is 17.7 Å². The van der Waals surface area contributed by atoms with E-state index < -0.39 is 11.6 Å². The molecule has 1 amide bonds. The Labute approximate surface area is 142 Å². The summed E-state index contributed by atoms with van der Waals surface area (Å²) in [5.74, 6) is -2.20. The molecule has 2 aromatic carbocycles. The van der Waals surface area contributed by atoms with Gasteiger partial charge in [-0.15, -0.1) is 10.2 Å². The molecule has 0 radical (unpaired) electrons. The number of aromatic nitrogens is 3. The van der Waals surface area contributed by atoms with Crippen LogP contribution in [0.3, 0.4) is 0 Å². The Morgan fingerprint density at radius 2 is 1.88 bits per heavy atom. The first-order valence-electron chi connectivity index (χ1n) is 7.83. The number of anilines is 1. The van der Waals surface area contributed by atoms with Crippen LogP contribution in [-0.2, 0) is 4.79 Å². The molecule has 25 heavy (non-hydrogen) atoms. The van der Waals surface area contributed by atoms with Crippen LogP contribution in [-0.4, -0.2) is 20.7 Å². The van der Waals surface area contributed by atoms with Gasteiger partial charge in [0.2, 0.25) is 5.91 Å². The zero-order valence-corrected chi connectivity index (χ0v) is 13.1. The first kappa shape index (κ1) is 15.4. The number of benzene rings is 2. The third kappa shape index (κ3) is 3.13. The fourth-order valence-electron chi connectivity index (χ4n) is 2.91. The molecular weight excluding hydrogens is 326 g/mol. The maximum Gasteiger partial charge on any atom is 0.228 e. The van der Waals surface area contributed by atoms with E-state index in [1.807, 2.05) is 18.2 Å². The Balaban J connectivity index is 1.45. The molecule has 1 aromatic heterocycles. The zero-order valence-electron chi connectivity index (χ0n) is 13.1. The van der Waals surface area contributed by atoms with Crippen molar-refractivity contribution in [2.75, 3.05) is 5.32 Å². The largest absolute Gasteiger partial charge is 0.326 e. The molecule has 1 heterocycles. The second-order valence-electron chi connectivity index (χ2n) is 6.03. The molecule has 1 saturated carbocycles. The third-order valence-electron chi connectivity index (χ3n) is 4.33. The summed E-state index contributed by atoms with van der Waals surface area (Å²) in [6, 6.07) is 11.1. The van der Waals surface area contributed by atoms with Crippen LogP contribution in [0.5, 0.6) is 0 Å². The van der Waals surface area contributed by atoms with E-state index in [0.717, 1.165) is 11.8 Å². The maximum atomic E-state index is 13.3. The van der Waals surface area contributed by atoms with Crippen molar-refractivity contribution < 1.29 is 13.6 Å². The molecule has 126 valence electrons. The van der Waals surface area contributed by atoms with E-state index in [9.17, 15) is 13.6 Å². The predicted octanol–water partition coefficient (Wildman–Crippen LogP) is 3.29. The van der Waals surface area contributed by atoms with Crippen LogP contribution in [0.4, 0.5) is 14.5 Å². The Morgan fingerprint density at radius 1 is 1.08 bits per heavy atom. The summed E-state index contributed by atoms with van der Waals surface area (Å²) in [7, 11) is 0. The lowest BCUT2D eigenvalue weighted by Crippen LogP contribution is -2.14. The number of hydrogen-bond acceptors (Lipinski definition) is 3. The first-order valence-corrected chi connectivity index (χ1v) is 7.83. The molecule has 0 saturated heterocycles. The smallest absolute Gasteiger partial charge is 0.228 e. The van der Waals surface area contributed by atoms with Gasteiger partial charge in [0.25, 0.3) is 0 Å². The number of halogens is 2. The molecule has 1 aliphatic carbocycles. The fraction of sp³-hybridized carbons (Fsp3) is 0.167. The van der Waals surface area contributed by atoms with Crippen LogP contribution in [0.2, 0.25) is 0 Å². The molecule has 1 N–H and O–H groups in total. The van der Waals surface area contributed by atoms with Gasteiger partial charge < -0.3 is 5.32 Å². The molecule has 0 bridgehead atoms. The first-order chi connectivity index (χ1) is 12.1. The minimum atomic E-state index is -0.884. The number of carbonyl (C=O) groups excluding carboxylic acids is 1. The van der Waals surface area contributed by atoms with Gasteiger partial charge in [-0.05, 0) is 48.2 Å². The highest BCUT2D eigenvalue weighted by Gasteiger charge is 2.44. The summed E-state index contributed by atoms with van der Waals surface area (Å²) in [6.45, 7) is 0. The Kier molecular flexibility index (Phi) is 3.76. The molecule has 5 nitrogen and oxygen atoms in total. The van der Waals surface area contributed by atoms with Crippen molar-refractivity contribution in [3.8, 4) is 5.69 Å². The van der Waals surface area contributed by atoms with E-state index >= 15 is 0 Å². The highest BCUT2D eigenvalue weighted by atomic mass is 19.2. The lowest BCUT2D eigenvalue weighted by atomic mass is 10.1. The Bertz CT molecular complexity index is 927. The Hall–Kier alpha value is -3.09. The number of hydrogen-bond donors (Lipinski definition) is 1. The monoisotopic (exact) mass is 340 g/mol. The van der Waals surface area contributed by atoms with E-state index in [0.29, 0.717) is 17.7 Å². The molecule has 1 fully saturated rings. The maximum absolute atomic E-state index is 13.3. The van der Waals surface area contributed by atoms with Crippen molar-refractivity contribution in [2.24, 2.45) is 5.92 Å². The summed E-state index contributed by atoms with van der Waals surface area (Å²) in [5.41, 5.74) is 2.14.